The first kappa shape index (κ1) is 15.7. The number of imide groups is 1. The summed E-state index contributed by atoms with van der Waals surface area (Å²) in [4.78, 5) is 29.2. The summed E-state index contributed by atoms with van der Waals surface area (Å²) < 4.78 is 0. The fourth-order valence-corrected chi connectivity index (χ4v) is 3.88. The van der Waals surface area contributed by atoms with E-state index in [-0.39, 0.29) is 18.2 Å². The smallest absolute Gasteiger partial charge is 0.257 e. The summed E-state index contributed by atoms with van der Waals surface area (Å²) in [5.74, 6) is -0.317. The molecule has 5 heteroatoms. The third kappa shape index (κ3) is 2.47. The van der Waals surface area contributed by atoms with E-state index in [1.165, 1.54) is 10.5 Å². The van der Waals surface area contributed by atoms with Crippen molar-refractivity contribution in [1.82, 2.24) is 0 Å². The molecule has 2 N–H and O–H groups in total. The molecule has 0 aliphatic carbocycles. The Balaban J connectivity index is 1.70. The summed E-state index contributed by atoms with van der Waals surface area (Å²) in [7, 11) is 0. The van der Waals surface area contributed by atoms with Gasteiger partial charge in [0.15, 0.2) is 0 Å². The van der Waals surface area contributed by atoms with Gasteiger partial charge in [-0.05, 0) is 49.1 Å². The van der Waals surface area contributed by atoms with Crippen LogP contribution in [0.15, 0.2) is 42.5 Å². The van der Waals surface area contributed by atoms with Gasteiger partial charge in [-0.3, -0.25) is 9.59 Å². The van der Waals surface area contributed by atoms with E-state index in [0.29, 0.717) is 11.4 Å². The van der Waals surface area contributed by atoms with Crippen LogP contribution in [0, 0.1) is 6.92 Å². The van der Waals surface area contributed by atoms with Crippen molar-refractivity contribution in [3.05, 3.63) is 53.6 Å². The Bertz CT molecular complexity index is 862. The lowest BCUT2D eigenvalue weighted by molar-refractivity contribution is -0.121. The zero-order chi connectivity index (χ0) is 17.6. The van der Waals surface area contributed by atoms with Crippen LogP contribution in [-0.2, 0) is 16.0 Å². The van der Waals surface area contributed by atoms with Gasteiger partial charge in [-0.1, -0.05) is 24.3 Å². The number of nitrogens with zero attached hydrogens (tertiary/aromatic N) is 2. The second kappa shape index (κ2) is 5.92. The molecule has 1 fully saturated rings. The fourth-order valence-electron chi connectivity index (χ4n) is 3.88. The zero-order valence-corrected chi connectivity index (χ0v) is 14.2. The summed E-state index contributed by atoms with van der Waals surface area (Å²) >= 11 is 0. The molecule has 4 rings (SSSR count). The van der Waals surface area contributed by atoms with Crippen molar-refractivity contribution in [1.29, 1.82) is 0 Å². The number of hydrogen-bond donors (Lipinski definition) is 1. The van der Waals surface area contributed by atoms with Gasteiger partial charge in [-0.25, -0.2) is 4.90 Å². The lowest BCUT2D eigenvalue weighted by atomic mass is 9.99. The third-order valence-corrected chi connectivity index (χ3v) is 5.23. The first-order valence-corrected chi connectivity index (χ1v) is 8.64. The van der Waals surface area contributed by atoms with E-state index in [4.69, 9.17) is 5.73 Å². The molecule has 2 aliphatic heterocycles. The molecule has 25 heavy (non-hydrogen) atoms. The minimum atomic E-state index is -0.435. The Hall–Kier alpha value is -2.82. The molecule has 2 aromatic rings. The molecule has 2 aliphatic rings. The van der Waals surface area contributed by atoms with E-state index in [0.717, 1.165) is 30.6 Å². The number of amides is 2. The second-order valence-electron chi connectivity index (χ2n) is 6.70. The maximum Gasteiger partial charge on any atom is 0.257 e. The summed E-state index contributed by atoms with van der Waals surface area (Å²) in [5, 5.41) is 0. The predicted octanol–water partition coefficient (Wildman–Crippen LogP) is 2.66. The van der Waals surface area contributed by atoms with E-state index in [1.807, 2.05) is 25.1 Å². The molecule has 0 bridgehead atoms. The minimum absolute atomic E-state index is 0.157. The quantitative estimate of drug-likeness (QED) is 0.677. The van der Waals surface area contributed by atoms with Crippen LogP contribution in [0.2, 0.25) is 0 Å². The minimum Gasteiger partial charge on any atom is -0.398 e. The summed E-state index contributed by atoms with van der Waals surface area (Å²) in [6.45, 7) is 2.64. The number of carbonyl (C=O) groups is 2. The molecule has 0 saturated carbocycles. The first-order chi connectivity index (χ1) is 12.1. The van der Waals surface area contributed by atoms with Gasteiger partial charge in [0.05, 0.1) is 12.1 Å². The largest absolute Gasteiger partial charge is 0.398 e. The number of nitrogen functional groups attached to an aromatic ring is 1. The number of fused-ring (bicyclic) bond motifs is 1. The molecule has 128 valence electrons. The SMILES string of the molecule is Cc1c(N)cccc1N1C(=O)CC(N2CCCc3ccccc32)C1=O. The Kier molecular flexibility index (Phi) is 3.71. The number of hydrogen-bond acceptors (Lipinski definition) is 4. The van der Waals surface area contributed by atoms with Crippen LogP contribution in [0.3, 0.4) is 0 Å². The maximum absolute atomic E-state index is 13.1. The molecule has 0 aromatic heterocycles. The molecule has 2 aromatic carbocycles. The highest BCUT2D eigenvalue weighted by molar-refractivity contribution is 6.23. The lowest BCUT2D eigenvalue weighted by Crippen LogP contribution is -2.44. The van der Waals surface area contributed by atoms with Crippen molar-refractivity contribution in [2.24, 2.45) is 0 Å². The first-order valence-electron chi connectivity index (χ1n) is 8.64. The van der Waals surface area contributed by atoms with Crippen LogP contribution in [0.4, 0.5) is 17.1 Å². The predicted molar refractivity (Wildman–Crippen MR) is 98.6 cm³/mol. The van der Waals surface area contributed by atoms with Gasteiger partial charge < -0.3 is 10.6 Å². The second-order valence-corrected chi connectivity index (χ2v) is 6.70. The standard InChI is InChI=1S/C20H21N3O2/c1-13-15(21)8-4-10-16(13)23-19(24)12-18(20(23)25)22-11-5-7-14-6-2-3-9-17(14)22/h2-4,6,8-10,18H,5,7,11-12,21H2,1H3. The van der Waals surface area contributed by atoms with Gasteiger partial charge in [0, 0.05) is 17.9 Å². The van der Waals surface area contributed by atoms with Crippen LogP contribution < -0.4 is 15.5 Å². The Labute approximate surface area is 147 Å². The fraction of sp³-hybridized carbons (Fsp3) is 0.300. The monoisotopic (exact) mass is 335 g/mol. The van der Waals surface area contributed by atoms with Gasteiger partial charge >= 0.3 is 0 Å². The molecule has 5 nitrogen and oxygen atoms in total. The van der Waals surface area contributed by atoms with Gasteiger partial charge in [0.2, 0.25) is 5.91 Å². The average molecular weight is 335 g/mol. The van der Waals surface area contributed by atoms with E-state index >= 15 is 0 Å². The van der Waals surface area contributed by atoms with Gasteiger partial charge in [-0.2, -0.15) is 0 Å². The topological polar surface area (TPSA) is 66.6 Å². The molecule has 1 saturated heterocycles. The molecule has 0 radical (unpaired) electrons. The van der Waals surface area contributed by atoms with Crippen LogP contribution in [-0.4, -0.2) is 24.4 Å². The zero-order valence-electron chi connectivity index (χ0n) is 14.2. The number of aryl methyl sites for hydroxylation is 1. The van der Waals surface area contributed by atoms with E-state index < -0.39 is 6.04 Å². The number of anilines is 3. The van der Waals surface area contributed by atoms with Gasteiger partial charge in [0.1, 0.15) is 6.04 Å². The summed E-state index contributed by atoms with van der Waals surface area (Å²) in [6.07, 6.45) is 2.22. The van der Waals surface area contributed by atoms with Crippen LogP contribution in [0.1, 0.15) is 24.0 Å². The molecular formula is C20H21N3O2. The van der Waals surface area contributed by atoms with Crippen molar-refractivity contribution in [3.8, 4) is 0 Å². The molecule has 2 amide bonds. The van der Waals surface area contributed by atoms with E-state index in [9.17, 15) is 9.59 Å². The number of rotatable bonds is 2. The van der Waals surface area contributed by atoms with Gasteiger partial charge in [0.25, 0.3) is 5.91 Å². The number of nitrogens with two attached hydrogens (primary N) is 1. The van der Waals surface area contributed by atoms with Gasteiger partial charge in [-0.15, -0.1) is 0 Å². The van der Waals surface area contributed by atoms with Crippen molar-refractivity contribution in [2.45, 2.75) is 32.2 Å². The highest BCUT2D eigenvalue weighted by Crippen LogP contribution is 2.35. The lowest BCUT2D eigenvalue weighted by Gasteiger charge is -2.34. The normalized spacial score (nSPS) is 20.1. The maximum atomic E-state index is 13.1. The number of benzene rings is 2. The molecule has 1 unspecified atom stereocenters. The van der Waals surface area contributed by atoms with Crippen LogP contribution in [0.25, 0.3) is 0 Å². The average Bonchev–Trinajstić information content (AvgIpc) is 2.91. The highest BCUT2D eigenvalue weighted by atomic mass is 16.2. The molecular weight excluding hydrogens is 314 g/mol. The van der Waals surface area contributed by atoms with Crippen molar-refractivity contribution >= 4 is 28.9 Å². The molecule has 1 atom stereocenters. The summed E-state index contributed by atoms with van der Waals surface area (Å²) in [6, 6.07) is 13.1. The molecule has 0 spiro atoms. The third-order valence-electron chi connectivity index (χ3n) is 5.23. The highest BCUT2D eigenvalue weighted by Gasteiger charge is 2.44. The summed E-state index contributed by atoms with van der Waals surface area (Å²) in [5.41, 5.74) is 10.2. The van der Waals surface area contributed by atoms with Crippen molar-refractivity contribution < 1.29 is 9.59 Å². The Morgan fingerprint density at radius 1 is 1.04 bits per heavy atom. The Morgan fingerprint density at radius 3 is 2.64 bits per heavy atom. The van der Waals surface area contributed by atoms with E-state index in [2.05, 4.69) is 11.0 Å². The molecule has 2 heterocycles. The van der Waals surface area contributed by atoms with Crippen molar-refractivity contribution in [2.75, 3.05) is 22.1 Å². The Morgan fingerprint density at radius 2 is 1.80 bits per heavy atom. The van der Waals surface area contributed by atoms with Crippen LogP contribution >= 0.6 is 0 Å². The van der Waals surface area contributed by atoms with E-state index in [1.54, 1.807) is 18.2 Å². The number of para-hydroxylation sites is 1. The van der Waals surface area contributed by atoms with Crippen LogP contribution in [0.5, 0.6) is 0 Å². The van der Waals surface area contributed by atoms with Crippen molar-refractivity contribution in [3.63, 3.8) is 0 Å². The number of carbonyl (C=O) groups excluding carboxylic acids is 2.